The smallest absolute Gasteiger partial charge is 0.254 e. The molecular formula is C18H21N3O4. The highest BCUT2D eigenvalue weighted by atomic mass is 16.7. The van der Waals surface area contributed by atoms with E-state index in [4.69, 9.17) is 14.2 Å². The second kappa shape index (κ2) is 6.40. The predicted molar refractivity (Wildman–Crippen MR) is 89.6 cm³/mol. The van der Waals surface area contributed by atoms with E-state index in [1.165, 1.54) is 5.69 Å². The van der Waals surface area contributed by atoms with Crippen molar-refractivity contribution >= 4 is 5.91 Å². The van der Waals surface area contributed by atoms with Gasteiger partial charge in [-0.1, -0.05) is 0 Å². The standard InChI is InChI=1S/C18H21N3O4/c1-3-23-9-13-7-15-14(19-10-20(15)2)8-21(13)18(22)12-4-5-16-17(6-12)25-11-24-16/h4-6,10,13H,3,7-9,11H2,1-2H3/t13-/m1/s1. The quantitative estimate of drug-likeness (QED) is 0.846. The van der Waals surface area contributed by atoms with Crippen molar-refractivity contribution in [2.45, 2.75) is 25.9 Å². The van der Waals surface area contributed by atoms with Crippen molar-refractivity contribution in [3.63, 3.8) is 0 Å². The summed E-state index contributed by atoms with van der Waals surface area (Å²) < 4.78 is 18.4. The second-order valence-electron chi connectivity index (χ2n) is 6.27. The van der Waals surface area contributed by atoms with E-state index in [-0.39, 0.29) is 18.7 Å². The summed E-state index contributed by atoms with van der Waals surface area (Å²) in [5.74, 6) is 1.25. The van der Waals surface area contributed by atoms with Gasteiger partial charge in [0.25, 0.3) is 5.91 Å². The molecule has 1 aromatic heterocycles. The molecule has 0 spiro atoms. The highest BCUT2D eigenvalue weighted by Crippen LogP contribution is 2.33. The van der Waals surface area contributed by atoms with Gasteiger partial charge in [-0.05, 0) is 25.1 Å². The summed E-state index contributed by atoms with van der Waals surface area (Å²) in [6.45, 7) is 3.78. The number of amides is 1. The monoisotopic (exact) mass is 343 g/mol. The number of hydrogen-bond acceptors (Lipinski definition) is 5. The molecule has 2 aliphatic rings. The molecule has 0 saturated carbocycles. The molecule has 0 unspecified atom stereocenters. The minimum Gasteiger partial charge on any atom is -0.454 e. The van der Waals surface area contributed by atoms with Crippen molar-refractivity contribution in [2.75, 3.05) is 20.0 Å². The van der Waals surface area contributed by atoms with Crippen molar-refractivity contribution in [1.29, 1.82) is 0 Å². The molecular weight excluding hydrogens is 322 g/mol. The van der Waals surface area contributed by atoms with Gasteiger partial charge in [0.05, 0.1) is 31.2 Å². The van der Waals surface area contributed by atoms with Gasteiger partial charge in [-0.15, -0.1) is 0 Å². The minimum absolute atomic E-state index is 0.0132. The van der Waals surface area contributed by atoms with E-state index < -0.39 is 0 Å². The van der Waals surface area contributed by atoms with Crippen LogP contribution in [0.15, 0.2) is 24.5 Å². The molecule has 4 rings (SSSR count). The predicted octanol–water partition coefficient (Wildman–Crippen LogP) is 1.75. The van der Waals surface area contributed by atoms with E-state index in [1.54, 1.807) is 24.5 Å². The Bertz CT molecular complexity index is 802. The van der Waals surface area contributed by atoms with Gasteiger partial charge in [0.1, 0.15) is 0 Å². The maximum absolute atomic E-state index is 13.1. The molecule has 0 bridgehead atoms. The number of nitrogens with zero attached hydrogens (tertiary/aromatic N) is 3. The molecule has 2 aliphatic heterocycles. The average molecular weight is 343 g/mol. The Kier molecular flexibility index (Phi) is 4.09. The van der Waals surface area contributed by atoms with Crippen LogP contribution in [0, 0.1) is 0 Å². The van der Waals surface area contributed by atoms with E-state index in [9.17, 15) is 4.79 Å². The van der Waals surface area contributed by atoms with Crippen molar-refractivity contribution in [3.05, 3.63) is 41.5 Å². The van der Waals surface area contributed by atoms with E-state index in [0.29, 0.717) is 36.8 Å². The van der Waals surface area contributed by atoms with E-state index >= 15 is 0 Å². The Morgan fingerprint density at radius 1 is 1.36 bits per heavy atom. The van der Waals surface area contributed by atoms with Gasteiger partial charge >= 0.3 is 0 Å². The van der Waals surface area contributed by atoms with Crippen molar-refractivity contribution in [3.8, 4) is 11.5 Å². The fraction of sp³-hybridized carbons (Fsp3) is 0.444. The number of benzene rings is 1. The zero-order valence-corrected chi connectivity index (χ0v) is 14.4. The number of carbonyl (C=O) groups is 1. The summed E-state index contributed by atoms with van der Waals surface area (Å²) in [5.41, 5.74) is 2.70. The van der Waals surface area contributed by atoms with Crippen LogP contribution in [0.2, 0.25) is 0 Å². The average Bonchev–Trinajstić information content (AvgIpc) is 3.24. The van der Waals surface area contributed by atoms with Crippen molar-refractivity contribution in [1.82, 2.24) is 14.5 Å². The first kappa shape index (κ1) is 16.0. The van der Waals surface area contributed by atoms with Crippen LogP contribution in [0.25, 0.3) is 0 Å². The number of aromatic nitrogens is 2. The molecule has 1 amide bonds. The summed E-state index contributed by atoms with van der Waals surface area (Å²) in [5, 5.41) is 0. The van der Waals surface area contributed by atoms with E-state index in [0.717, 1.165) is 12.1 Å². The lowest BCUT2D eigenvalue weighted by Crippen LogP contribution is -2.47. The van der Waals surface area contributed by atoms with Crippen LogP contribution in [0.5, 0.6) is 11.5 Å². The third kappa shape index (κ3) is 2.84. The summed E-state index contributed by atoms with van der Waals surface area (Å²) in [4.78, 5) is 19.4. The molecule has 0 aliphatic carbocycles. The molecule has 1 atom stereocenters. The Morgan fingerprint density at radius 2 is 2.20 bits per heavy atom. The van der Waals surface area contributed by atoms with Gasteiger partial charge in [0.15, 0.2) is 11.5 Å². The summed E-state index contributed by atoms with van der Waals surface area (Å²) in [6, 6.07) is 5.29. The molecule has 0 fully saturated rings. The SMILES string of the molecule is CCOC[C@H]1Cc2c(ncn2C)CN1C(=O)c1ccc2c(c1)OCO2. The van der Waals surface area contributed by atoms with Crippen LogP contribution in [0.1, 0.15) is 28.7 Å². The maximum atomic E-state index is 13.1. The Balaban J connectivity index is 1.62. The first-order valence-electron chi connectivity index (χ1n) is 8.44. The highest BCUT2D eigenvalue weighted by molar-refractivity contribution is 5.95. The number of carbonyl (C=O) groups excluding carboxylic acids is 1. The van der Waals surface area contributed by atoms with Gasteiger partial charge in [-0.3, -0.25) is 4.79 Å². The number of imidazole rings is 1. The molecule has 132 valence electrons. The van der Waals surface area contributed by atoms with Gasteiger partial charge in [-0.25, -0.2) is 4.98 Å². The zero-order valence-electron chi connectivity index (χ0n) is 14.4. The third-order valence-electron chi connectivity index (χ3n) is 4.73. The molecule has 7 nitrogen and oxygen atoms in total. The fourth-order valence-electron chi connectivity index (χ4n) is 3.36. The lowest BCUT2D eigenvalue weighted by molar-refractivity contribution is 0.0387. The Hall–Kier alpha value is -2.54. The summed E-state index contributed by atoms with van der Waals surface area (Å²) in [7, 11) is 1.99. The second-order valence-corrected chi connectivity index (χ2v) is 6.27. The normalized spacial score (nSPS) is 18.3. The van der Waals surface area contributed by atoms with Gasteiger partial charge < -0.3 is 23.7 Å². The molecule has 25 heavy (non-hydrogen) atoms. The Morgan fingerprint density at radius 3 is 3.04 bits per heavy atom. The third-order valence-corrected chi connectivity index (χ3v) is 4.73. The number of hydrogen-bond donors (Lipinski definition) is 0. The molecule has 1 aromatic carbocycles. The lowest BCUT2D eigenvalue weighted by atomic mass is 10.0. The molecule has 0 saturated heterocycles. The van der Waals surface area contributed by atoms with Crippen LogP contribution in [0.4, 0.5) is 0 Å². The number of rotatable bonds is 4. The van der Waals surface area contributed by atoms with E-state index in [2.05, 4.69) is 4.98 Å². The number of fused-ring (bicyclic) bond motifs is 2. The topological polar surface area (TPSA) is 65.8 Å². The Labute approximate surface area is 146 Å². The maximum Gasteiger partial charge on any atom is 0.254 e. The van der Waals surface area contributed by atoms with Gasteiger partial charge in [-0.2, -0.15) is 0 Å². The molecule has 7 heteroatoms. The van der Waals surface area contributed by atoms with Crippen LogP contribution in [0.3, 0.4) is 0 Å². The first-order chi connectivity index (χ1) is 12.2. The van der Waals surface area contributed by atoms with Crippen molar-refractivity contribution < 1.29 is 19.0 Å². The van der Waals surface area contributed by atoms with Crippen molar-refractivity contribution in [2.24, 2.45) is 7.05 Å². The van der Waals surface area contributed by atoms with Crippen LogP contribution >= 0.6 is 0 Å². The summed E-state index contributed by atoms with van der Waals surface area (Å²) >= 11 is 0. The first-order valence-corrected chi connectivity index (χ1v) is 8.44. The van der Waals surface area contributed by atoms with Gasteiger partial charge in [0, 0.05) is 31.3 Å². The fourth-order valence-corrected chi connectivity index (χ4v) is 3.36. The van der Waals surface area contributed by atoms with Gasteiger partial charge in [0.2, 0.25) is 6.79 Å². The summed E-state index contributed by atoms with van der Waals surface area (Å²) in [6.07, 6.45) is 2.54. The van der Waals surface area contributed by atoms with Crippen LogP contribution in [-0.2, 0) is 24.8 Å². The highest BCUT2D eigenvalue weighted by Gasteiger charge is 2.33. The van der Waals surface area contributed by atoms with E-state index in [1.807, 2.05) is 23.4 Å². The van der Waals surface area contributed by atoms with Crippen LogP contribution in [-0.4, -0.2) is 46.4 Å². The largest absolute Gasteiger partial charge is 0.454 e. The molecule has 2 aromatic rings. The van der Waals surface area contributed by atoms with Crippen LogP contribution < -0.4 is 9.47 Å². The minimum atomic E-state index is -0.0423. The molecule has 3 heterocycles. The lowest BCUT2D eigenvalue weighted by Gasteiger charge is -2.35. The number of aryl methyl sites for hydroxylation is 1. The molecule has 0 N–H and O–H groups in total. The number of ether oxygens (including phenoxy) is 3. The zero-order chi connectivity index (χ0) is 17.4. The molecule has 0 radical (unpaired) electrons.